The Morgan fingerprint density at radius 2 is 1.92 bits per heavy atom. The van der Waals surface area contributed by atoms with Crippen LogP contribution in [-0.4, -0.2) is 37.1 Å². The summed E-state index contributed by atoms with van der Waals surface area (Å²) in [6.07, 6.45) is 0.892. The van der Waals surface area contributed by atoms with Crippen LogP contribution in [0.15, 0.2) is 0 Å². The molecule has 0 saturated carbocycles. The topological polar surface area (TPSA) is 29.5 Å². The fraction of sp³-hybridized carbons (Fsp3) is 0.900. The number of rotatable bonds is 2. The van der Waals surface area contributed by atoms with Crippen molar-refractivity contribution in [2.24, 2.45) is 5.41 Å². The molecule has 0 aromatic heterocycles. The molecule has 0 atom stereocenters. The lowest BCUT2D eigenvalue weighted by molar-refractivity contribution is -0.144. The van der Waals surface area contributed by atoms with E-state index in [0.717, 1.165) is 19.5 Å². The fourth-order valence-corrected chi connectivity index (χ4v) is 1.35. The molecule has 1 fully saturated rings. The Morgan fingerprint density at radius 1 is 1.38 bits per heavy atom. The zero-order valence-corrected chi connectivity index (χ0v) is 8.80. The summed E-state index contributed by atoms with van der Waals surface area (Å²) in [5, 5.41) is 0. The molecule has 1 rings (SSSR count). The molecule has 0 aromatic rings. The Kier molecular flexibility index (Phi) is 3.31. The highest BCUT2D eigenvalue weighted by molar-refractivity contribution is 5.81. The monoisotopic (exact) mass is 185 g/mol. The molecule has 0 aliphatic carbocycles. The first kappa shape index (κ1) is 10.5. The van der Waals surface area contributed by atoms with Crippen molar-refractivity contribution in [3.8, 4) is 0 Å². The van der Waals surface area contributed by atoms with Gasteiger partial charge in [0.25, 0.3) is 0 Å². The lowest BCUT2D eigenvalue weighted by atomic mass is 9.88. The Bertz CT molecular complexity index is 183. The number of ether oxygens (including phenoxy) is 1. The molecule has 0 radical (unpaired) electrons. The van der Waals surface area contributed by atoms with Gasteiger partial charge in [-0.25, -0.2) is 0 Å². The van der Waals surface area contributed by atoms with Gasteiger partial charge in [-0.05, 0) is 6.42 Å². The van der Waals surface area contributed by atoms with Crippen LogP contribution in [0, 0.1) is 5.41 Å². The molecule has 3 heteroatoms. The van der Waals surface area contributed by atoms with E-state index in [9.17, 15) is 4.79 Å². The molecule has 76 valence electrons. The molecular formula is C10H19NO2. The first-order valence-corrected chi connectivity index (χ1v) is 4.95. The van der Waals surface area contributed by atoms with Crippen LogP contribution in [0.25, 0.3) is 0 Å². The van der Waals surface area contributed by atoms with Gasteiger partial charge in [0.05, 0.1) is 13.2 Å². The van der Waals surface area contributed by atoms with Gasteiger partial charge in [0.2, 0.25) is 5.91 Å². The summed E-state index contributed by atoms with van der Waals surface area (Å²) in [5.41, 5.74) is -0.211. The van der Waals surface area contributed by atoms with Crippen molar-refractivity contribution in [2.45, 2.75) is 27.2 Å². The van der Waals surface area contributed by atoms with E-state index < -0.39 is 0 Å². The minimum absolute atomic E-state index is 0.211. The maximum atomic E-state index is 11.9. The highest BCUT2D eigenvalue weighted by Crippen LogP contribution is 2.23. The molecule has 0 unspecified atom stereocenters. The molecule has 1 saturated heterocycles. The molecular weight excluding hydrogens is 166 g/mol. The van der Waals surface area contributed by atoms with E-state index in [4.69, 9.17) is 4.74 Å². The molecule has 13 heavy (non-hydrogen) atoms. The number of nitrogens with zero attached hydrogens (tertiary/aromatic N) is 1. The van der Waals surface area contributed by atoms with Crippen LogP contribution in [0.2, 0.25) is 0 Å². The van der Waals surface area contributed by atoms with Crippen LogP contribution in [0.1, 0.15) is 27.2 Å². The first-order chi connectivity index (χ1) is 6.08. The van der Waals surface area contributed by atoms with E-state index in [0.29, 0.717) is 13.2 Å². The van der Waals surface area contributed by atoms with Crippen LogP contribution < -0.4 is 0 Å². The summed E-state index contributed by atoms with van der Waals surface area (Å²) in [4.78, 5) is 13.8. The standard InChI is InChI=1S/C10H19NO2/c1-4-10(2,3)9(12)11-5-7-13-8-6-11/h4-8H2,1-3H3. The van der Waals surface area contributed by atoms with Gasteiger partial charge >= 0.3 is 0 Å². The summed E-state index contributed by atoms with van der Waals surface area (Å²) in [6.45, 7) is 8.94. The number of hydrogen-bond donors (Lipinski definition) is 0. The average Bonchev–Trinajstić information content (AvgIpc) is 2.18. The smallest absolute Gasteiger partial charge is 0.228 e. The highest BCUT2D eigenvalue weighted by Gasteiger charge is 2.30. The van der Waals surface area contributed by atoms with Crippen molar-refractivity contribution in [1.29, 1.82) is 0 Å². The van der Waals surface area contributed by atoms with Crippen LogP contribution in [0.4, 0.5) is 0 Å². The largest absolute Gasteiger partial charge is 0.378 e. The van der Waals surface area contributed by atoms with Gasteiger partial charge in [-0.1, -0.05) is 20.8 Å². The number of amides is 1. The summed E-state index contributed by atoms with van der Waals surface area (Å²) in [5.74, 6) is 0.262. The minimum atomic E-state index is -0.211. The Labute approximate surface area is 80.1 Å². The molecule has 0 N–H and O–H groups in total. The van der Waals surface area contributed by atoms with Crippen LogP contribution in [0.3, 0.4) is 0 Å². The number of carbonyl (C=O) groups excluding carboxylic acids is 1. The number of carbonyl (C=O) groups is 1. The highest BCUT2D eigenvalue weighted by atomic mass is 16.5. The molecule has 3 nitrogen and oxygen atoms in total. The van der Waals surface area contributed by atoms with Crippen LogP contribution in [0.5, 0.6) is 0 Å². The van der Waals surface area contributed by atoms with E-state index in [1.54, 1.807) is 0 Å². The number of morpholine rings is 1. The maximum absolute atomic E-state index is 11.9. The molecule has 1 aliphatic heterocycles. The van der Waals surface area contributed by atoms with Gasteiger partial charge in [0.1, 0.15) is 0 Å². The van der Waals surface area contributed by atoms with Crippen LogP contribution in [-0.2, 0) is 9.53 Å². The quantitative estimate of drug-likeness (QED) is 0.648. The molecule has 0 aromatic carbocycles. The minimum Gasteiger partial charge on any atom is -0.378 e. The van der Waals surface area contributed by atoms with Crippen molar-refractivity contribution in [3.63, 3.8) is 0 Å². The Hall–Kier alpha value is -0.570. The predicted octanol–water partition coefficient (Wildman–Crippen LogP) is 1.28. The van der Waals surface area contributed by atoms with E-state index in [-0.39, 0.29) is 11.3 Å². The van der Waals surface area contributed by atoms with E-state index in [1.165, 1.54) is 0 Å². The third-order valence-corrected chi connectivity index (χ3v) is 2.76. The van der Waals surface area contributed by atoms with Gasteiger partial charge in [-0.2, -0.15) is 0 Å². The zero-order valence-electron chi connectivity index (χ0n) is 8.80. The SMILES string of the molecule is CCC(C)(C)C(=O)N1CCOCC1. The molecule has 0 bridgehead atoms. The fourth-order valence-electron chi connectivity index (χ4n) is 1.35. The van der Waals surface area contributed by atoms with Gasteiger partial charge in [-0.15, -0.1) is 0 Å². The normalized spacial score (nSPS) is 18.8. The summed E-state index contributed by atoms with van der Waals surface area (Å²) >= 11 is 0. The zero-order chi connectivity index (χ0) is 9.90. The van der Waals surface area contributed by atoms with Crippen molar-refractivity contribution in [3.05, 3.63) is 0 Å². The third kappa shape index (κ3) is 2.44. The third-order valence-electron chi connectivity index (χ3n) is 2.76. The average molecular weight is 185 g/mol. The lowest BCUT2D eigenvalue weighted by Gasteiger charge is -2.33. The second-order valence-electron chi connectivity index (χ2n) is 4.14. The van der Waals surface area contributed by atoms with Gasteiger partial charge < -0.3 is 9.64 Å². The van der Waals surface area contributed by atoms with Crippen molar-refractivity contribution < 1.29 is 9.53 Å². The summed E-state index contributed by atoms with van der Waals surface area (Å²) in [7, 11) is 0. The molecule has 1 aliphatic rings. The van der Waals surface area contributed by atoms with E-state index in [2.05, 4.69) is 6.92 Å². The molecule has 1 amide bonds. The molecule has 0 spiro atoms. The summed E-state index contributed by atoms with van der Waals surface area (Å²) < 4.78 is 5.20. The van der Waals surface area contributed by atoms with Gasteiger partial charge in [-0.3, -0.25) is 4.79 Å². The Morgan fingerprint density at radius 3 is 2.38 bits per heavy atom. The van der Waals surface area contributed by atoms with Crippen molar-refractivity contribution >= 4 is 5.91 Å². The maximum Gasteiger partial charge on any atom is 0.228 e. The lowest BCUT2D eigenvalue weighted by Crippen LogP contribution is -2.46. The first-order valence-electron chi connectivity index (χ1n) is 4.95. The predicted molar refractivity (Wildman–Crippen MR) is 51.5 cm³/mol. The van der Waals surface area contributed by atoms with Gasteiger partial charge in [0.15, 0.2) is 0 Å². The Balaban J connectivity index is 2.55. The second kappa shape index (κ2) is 4.09. The number of hydrogen-bond acceptors (Lipinski definition) is 2. The van der Waals surface area contributed by atoms with Crippen LogP contribution >= 0.6 is 0 Å². The van der Waals surface area contributed by atoms with Crippen molar-refractivity contribution in [1.82, 2.24) is 4.90 Å². The summed E-state index contributed by atoms with van der Waals surface area (Å²) in [6, 6.07) is 0. The van der Waals surface area contributed by atoms with Gasteiger partial charge in [0, 0.05) is 18.5 Å². The molecule has 1 heterocycles. The van der Waals surface area contributed by atoms with E-state index >= 15 is 0 Å². The van der Waals surface area contributed by atoms with E-state index in [1.807, 2.05) is 18.7 Å². The second-order valence-corrected chi connectivity index (χ2v) is 4.14. The van der Waals surface area contributed by atoms with Crippen molar-refractivity contribution in [2.75, 3.05) is 26.3 Å².